The zero-order valence-corrected chi connectivity index (χ0v) is 24.3. The Balaban J connectivity index is 1.54. The Kier molecular flexibility index (Phi) is 9.84. The number of allylic oxidation sites excluding steroid dienone is 2. The number of hydrogen-bond donors (Lipinski definition) is 2. The van der Waals surface area contributed by atoms with Crippen molar-refractivity contribution in [1.29, 1.82) is 0 Å². The minimum atomic E-state index is -0.693. The Hall–Kier alpha value is -4.38. The van der Waals surface area contributed by atoms with Crippen molar-refractivity contribution in [2.45, 2.75) is 39.2 Å². The maximum absolute atomic E-state index is 15.3. The molecule has 2 N–H and O–H groups in total. The number of hydrogen-bond acceptors (Lipinski definition) is 6. The third kappa shape index (κ3) is 6.57. The van der Waals surface area contributed by atoms with Crippen LogP contribution in [0.15, 0.2) is 72.3 Å². The molecule has 0 saturated carbocycles. The van der Waals surface area contributed by atoms with E-state index in [0.717, 1.165) is 42.3 Å². The molecule has 1 aromatic carbocycles. The summed E-state index contributed by atoms with van der Waals surface area (Å²) in [6.07, 6.45) is 8.68. The summed E-state index contributed by atoms with van der Waals surface area (Å²) >= 11 is 0. The standard InChI is InChI=1S/C31H37F2N7O2/c1-6-21(7-2)17-34-29(20(3)4)39-12-10-23(11-13-39)40-18-25(33)27-28(35-19-36-30(27)40)37-26-9-8-22(16-24(26)32)31(42)38(5)14-15-41/h6,8-9,16-19,23,41H,1,3,7,10-15H2,2,4-5H3,(H,35,36,37)/b21-17+,34-29?. The first-order valence-corrected chi connectivity index (χ1v) is 13.9. The fourth-order valence-electron chi connectivity index (χ4n) is 5.01. The van der Waals surface area contributed by atoms with E-state index in [1.165, 1.54) is 36.6 Å². The SMILES string of the molecule is C=C/C(=C\N=C(C(=C)C)N1CCC(n2cc(F)c3c(Nc4ccc(C(=O)N(C)CCO)cc4F)ncnc32)CC1)CC. The van der Waals surface area contributed by atoms with Crippen molar-refractivity contribution in [3.8, 4) is 0 Å². The van der Waals surface area contributed by atoms with Gasteiger partial charge < -0.3 is 24.8 Å². The second-order valence-corrected chi connectivity index (χ2v) is 10.3. The van der Waals surface area contributed by atoms with Gasteiger partial charge in [0.25, 0.3) is 5.91 Å². The molecule has 3 aromatic rings. The zero-order valence-electron chi connectivity index (χ0n) is 24.3. The molecule has 1 fully saturated rings. The quantitative estimate of drug-likeness (QED) is 0.185. The van der Waals surface area contributed by atoms with Crippen LogP contribution in [0.4, 0.5) is 20.3 Å². The molecule has 0 bridgehead atoms. The van der Waals surface area contributed by atoms with E-state index in [9.17, 15) is 9.18 Å². The number of nitrogens with one attached hydrogen (secondary N) is 1. The number of benzene rings is 1. The number of aliphatic hydroxyl groups is 1. The molecule has 1 saturated heterocycles. The molecule has 222 valence electrons. The molecule has 0 aliphatic carbocycles. The minimum absolute atomic E-state index is 0.00441. The summed E-state index contributed by atoms with van der Waals surface area (Å²) in [4.78, 5) is 29.2. The fourth-order valence-corrected chi connectivity index (χ4v) is 5.01. The summed E-state index contributed by atoms with van der Waals surface area (Å²) in [6.45, 7) is 13.3. The van der Waals surface area contributed by atoms with E-state index in [4.69, 9.17) is 5.11 Å². The predicted octanol–water partition coefficient (Wildman–Crippen LogP) is 5.61. The number of aromatic nitrogens is 3. The van der Waals surface area contributed by atoms with Crippen LogP contribution in [-0.2, 0) is 0 Å². The number of rotatable bonds is 10. The summed E-state index contributed by atoms with van der Waals surface area (Å²) in [5.41, 5.74) is 2.49. The average molecular weight is 578 g/mol. The highest BCUT2D eigenvalue weighted by molar-refractivity contribution is 5.98. The largest absolute Gasteiger partial charge is 0.395 e. The Morgan fingerprint density at radius 1 is 1.26 bits per heavy atom. The number of amides is 1. The number of halogens is 2. The van der Waals surface area contributed by atoms with Crippen LogP contribution in [0.3, 0.4) is 0 Å². The first-order valence-electron chi connectivity index (χ1n) is 13.9. The number of piperidine rings is 1. The van der Waals surface area contributed by atoms with Gasteiger partial charge >= 0.3 is 0 Å². The predicted molar refractivity (Wildman–Crippen MR) is 162 cm³/mol. The van der Waals surface area contributed by atoms with Crippen molar-refractivity contribution >= 4 is 34.3 Å². The molecule has 1 aliphatic heterocycles. The number of carbonyl (C=O) groups is 1. The molecular formula is C31H37F2N7O2. The van der Waals surface area contributed by atoms with Gasteiger partial charge in [0.1, 0.15) is 29.4 Å². The summed E-state index contributed by atoms with van der Waals surface area (Å²) in [6, 6.07) is 3.97. The van der Waals surface area contributed by atoms with Gasteiger partial charge in [0.2, 0.25) is 0 Å². The van der Waals surface area contributed by atoms with E-state index in [-0.39, 0.29) is 41.6 Å². The molecule has 3 heterocycles. The lowest BCUT2D eigenvalue weighted by Gasteiger charge is -2.35. The molecular weight excluding hydrogens is 540 g/mol. The smallest absolute Gasteiger partial charge is 0.253 e. The molecule has 0 spiro atoms. The van der Waals surface area contributed by atoms with E-state index in [1.807, 2.05) is 17.7 Å². The van der Waals surface area contributed by atoms with E-state index < -0.39 is 17.5 Å². The molecule has 0 radical (unpaired) electrons. The highest BCUT2D eigenvalue weighted by Gasteiger charge is 2.26. The lowest BCUT2D eigenvalue weighted by molar-refractivity contribution is 0.0766. The third-order valence-electron chi connectivity index (χ3n) is 7.38. The van der Waals surface area contributed by atoms with E-state index >= 15 is 4.39 Å². The number of likely N-dealkylation sites (N-methyl/N-ethyl adjacent to an activating group) is 1. The molecule has 1 aliphatic rings. The normalized spacial score (nSPS) is 14.8. The maximum Gasteiger partial charge on any atom is 0.253 e. The Morgan fingerprint density at radius 2 is 2.00 bits per heavy atom. The Bertz CT molecular complexity index is 1540. The molecule has 11 heteroatoms. The van der Waals surface area contributed by atoms with Gasteiger partial charge in [-0.3, -0.25) is 4.79 Å². The zero-order chi connectivity index (χ0) is 30.4. The van der Waals surface area contributed by atoms with Gasteiger partial charge in [-0.15, -0.1) is 0 Å². The van der Waals surface area contributed by atoms with Gasteiger partial charge in [-0.25, -0.2) is 23.7 Å². The van der Waals surface area contributed by atoms with Crippen LogP contribution in [-0.4, -0.2) is 74.5 Å². The number of amidine groups is 1. The van der Waals surface area contributed by atoms with Gasteiger partial charge in [0.05, 0.1) is 17.7 Å². The molecule has 42 heavy (non-hydrogen) atoms. The van der Waals surface area contributed by atoms with Gasteiger partial charge in [0.15, 0.2) is 5.82 Å². The average Bonchev–Trinajstić information content (AvgIpc) is 3.33. The topological polar surface area (TPSA) is 98.9 Å². The van der Waals surface area contributed by atoms with Crippen LogP contribution in [0, 0.1) is 11.6 Å². The Labute approximate surface area is 244 Å². The number of nitrogens with zero attached hydrogens (tertiary/aromatic N) is 6. The van der Waals surface area contributed by atoms with Crippen LogP contribution < -0.4 is 5.32 Å². The minimum Gasteiger partial charge on any atom is -0.395 e. The number of aliphatic imine (C=N–C) groups is 1. The molecule has 1 amide bonds. The van der Waals surface area contributed by atoms with Crippen LogP contribution in [0.1, 0.15) is 49.5 Å². The summed E-state index contributed by atoms with van der Waals surface area (Å²) < 4.78 is 32.2. The lowest BCUT2D eigenvalue weighted by atomic mass is 10.0. The van der Waals surface area contributed by atoms with E-state index in [1.54, 1.807) is 6.08 Å². The molecule has 9 nitrogen and oxygen atoms in total. The van der Waals surface area contributed by atoms with Crippen LogP contribution in [0.2, 0.25) is 0 Å². The molecule has 0 atom stereocenters. The highest BCUT2D eigenvalue weighted by Crippen LogP contribution is 2.33. The number of aliphatic hydroxyl groups excluding tert-OH is 1. The third-order valence-corrected chi connectivity index (χ3v) is 7.38. The summed E-state index contributed by atoms with van der Waals surface area (Å²) in [5, 5.41) is 12.1. The Morgan fingerprint density at radius 3 is 2.62 bits per heavy atom. The van der Waals surface area contributed by atoms with Crippen molar-refractivity contribution in [2.75, 3.05) is 38.6 Å². The van der Waals surface area contributed by atoms with E-state index in [2.05, 4.69) is 45.3 Å². The van der Waals surface area contributed by atoms with Crippen LogP contribution >= 0.6 is 0 Å². The number of fused-ring (bicyclic) bond motifs is 1. The fraction of sp³-hybridized carbons (Fsp3) is 0.355. The molecule has 0 unspecified atom stereocenters. The summed E-state index contributed by atoms with van der Waals surface area (Å²) in [5.74, 6) is -0.677. The summed E-state index contributed by atoms with van der Waals surface area (Å²) in [7, 11) is 1.52. The van der Waals surface area contributed by atoms with Crippen molar-refractivity contribution in [2.24, 2.45) is 4.99 Å². The van der Waals surface area contributed by atoms with Crippen LogP contribution in [0.5, 0.6) is 0 Å². The first-order chi connectivity index (χ1) is 20.2. The molecule has 4 rings (SSSR count). The maximum atomic E-state index is 15.3. The van der Waals surface area contributed by atoms with Gasteiger partial charge in [-0.2, -0.15) is 0 Å². The number of carbonyl (C=O) groups excluding carboxylic acids is 1. The highest BCUT2D eigenvalue weighted by atomic mass is 19.1. The van der Waals surface area contributed by atoms with Gasteiger partial charge in [0, 0.05) is 50.7 Å². The van der Waals surface area contributed by atoms with Gasteiger partial charge in [-0.05, 0) is 55.5 Å². The van der Waals surface area contributed by atoms with Crippen molar-refractivity contribution in [1.82, 2.24) is 24.3 Å². The van der Waals surface area contributed by atoms with E-state index in [0.29, 0.717) is 18.7 Å². The van der Waals surface area contributed by atoms with Crippen molar-refractivity contribution in [3.63, 3.8) is 0 Å². The monoisotopic (exact) mass is 577 g/mol. The number of likely N-dealkylation sites (tertiary alicyclic amines) is 1. The second-order valence-electron chi connectivity index (χ2n) is 10.3. The van der Waals surface area contributed by atoms with Gasteiger partial charge in [-0.1, -0.05) is 26.2 Å². The number of anilines is 2. The van der Waals surface area contributed by atoms with Crippen molar-refractivity contribution < 1.29 is 18.7 Å². The first kappa shape index (κ1) is 30.6. The molecule has 2 aromatic heterocycles. The van der Waals surface area contributed by atoms with Crippen LogP contribution in [0.25, 0.3) is 11.0 Å². The second kappa shape index (κ2) is 13.5. The lowest BCUT2D eigenvalue weighted by Crippen LogP contribution is -2.39. The van der Waals surface area contributed by atoms with Crippen molar-refractivity contribution in [3.05, 3.63) is 84.5 Å².